The lowest BCUT2D eigenvalue weighted by Gasteiger charge is -2.20. The van der Waals surface area contributed by atoms with E-state index in [0.717, 1.165) is 35.2 Å². The molecule has 3 aromatic rings. The summed E-state index contributed by atoms with van der Waals surface area (Å²) in [6.07, 6.45) is 3.70. The fourth-order valence-electron chi connectivity index (χ4n) is 4.90. The first-order chi connectivity index (χ1) is 15.5. The van der Waals surface area contributed by atoms with E-state index in [2.05, 4.69) is 36.1 Å². The van der Waals surface area contributed by atoms with Crippen LogP contribution in [0.3, 0.4) is 0 Å². The summed E-state index contributed by atoms with van der Waals surface area (Å²) in [4.78, 5) is 2.93. The lowest BCUT2D eigenvalue weighted by atomic mass is 10.0. The standard InChI is InChI=1S/C27H30N2O2S.ClH/c1-21-5-4-17-28(21)18-16-22-8-10-23(11-9-22)24-12-14-27(15-13-24)32(30,31)29-19-25-6-2-3-7-26(25)20-29;/h2-3,6-15,21H,4-5,16-20H2,1H3;1H/t21-;/m1./s1. The fourth-order valence-corrected chi connectivity index (χ4v) is 6.30. The second-order valence-electron chi connectivity index (χ2n) is 9.04. The summed E-state index contributed by atoms with van der Waals surface area (Å²) >= 11 is 0. The summed E-state index contributed by atoms with van der Waals surface area (Å²) in [5.41, 5.74) is 5.67. The van der Waals surface area contributed by atoms with Crippen molar-refractivity contribution in [3.8, 4) is 11.1 Å². The average molecular weight is 483 g/mol. The van der Waals surface area contributed by atoms with Crippen molar-refractivity contribution in [3.63, 3.8) is 0 Å². The van der Waals surface area contributed by atoms with Crippen molar-refractivity contribution < 1.29 is 8.42 Å². The highest BCUT2D eigenvalue weighted by atomic mass is 35.5. The van der Waals surface area contributed by atoms with Gasteiger partial charge in [-0.1, -0.05) is 60.7 Å². The van der Waals surface area contributed by atoms with Gasteiger partial charge >= 0.3 is 0 Å². The van der Waals surface area contributed by atoms with Crippen LogP contribution in [0.15, 0.2) is 77.7 Å². The monoisotopic (exact) mass is 482 g/mol. The van der Waals surface area contributed by atoms with E-state index in [1.165, 1.54) is 24.9 Å². The molecule has 1 atom stereocenters. The summed E-state index contributed by atoms with van der Waals surface area (Å²) in [6.45, 7) is 5.55. The van der Waals surface area contributed by atoms with Gasteiger partial charge in [0.15, 0.2) is 0 Å². The molecule has 2 aliphatic heterocycles. The van der Waals surface area contributed by atoms with Gasteiger partial charge in [0.05, 0.1) is 4.90 Å². The molecule has 174 valence electrons. The highest BCUT2D eigenvalue weighted by Gasteiger charge is 2.30. The summed E-state index contributed by atoms with van der Waals surface area (Å²) in [5.74, 6) is 0. The van der Waals surface area contributed by atoms with Gasteiger partial charge in [0.2, 0.25) is 10.0 Å². The number of rotatable bonds is 6. The third kappa shape index (κ3) is 5.02. The molecule has 0 unspecified atom stereocenters. The van der Waals surface area contributed by atoms with Crippen molar-refractivity contribution in [2.24, 2.45) is 0 Å². The normalized spacial score (nSPS) is 18.8. The maximum absolute atomic E-state index is 13.1. The Labute approximate surface area is 203 Å². The number of halogens is 1. The van der Waals surface area contributed by atoms with Gasteiger partial charge in [-0.05, 0) is 72.7 Å². The van der Waals surface area contributed by atoms with Crippen LogP contribution in [0.1, 0.15) is 36.5 Å². The van der Waals surface area contributed by atoms with Gasteiger partial charge in [0.1, 0.15) is 0 Å². The second-order valence-corrected chi connectivity index (χ2v) is 11.0. The van der Waals surface area contributed by atoms with Gasteiger partial charge in [0, 0.05) is 25.7 Å². The SMILES string of the molecule is C[C@@H]1CCCN1CCc1ccc(-c2ccc(S(=O)(=O)N3Cc4ccccc4C3)cc2)cc1.Cl. The average Bonchev–Trinajstić information content (AvgIpc) is 3.44. The molecule has 1 fully saturated rings. The van der Waals surface area contributed by atoms with Gasteiger partial charge in [0.25, 0.3) is 0 Å². The molecule has 0 aromatic heterocycles. The topological polar surface area (TPSA) is 40.6 Å². The second kappa shape index (κ2) is 9.98. The van der Waals surface area contributed by atoms with Crippen LogP contribution in [0.4, 0.5) is 0 Å². The van der Waals surface area contributed by atoms with Crippen LogP contribution in [0.5, 0.6) is 0 Å². The molecule has 4 nitrogen and oxygen atoms in total. The number of nitrogens with zero attached hydrogens (tertiary/aromatic N) is 2. The maximum atomic E-state index is 13.1. The van der Waals surface area contributed by atoms with Crippen LogP contribution < -0.4 is 0 Å². The Kier molecular flexibility index (Phi) is 7.25. The molecule has 33 heavy (non-hydrogen) atoms. The Morgan fingerprint density at radius 3 is 1.97 bits per heavy atom. The third-order valence-corrected chi connectivity index (χ3v) is 8.78. The molecule has 5 rings (SSSR count). The maximum Gasteiger partial charge on any atom is 0.243 e. The highest BCUT2D eigenvalue weighted by molar-refractivity contribution is 7.89. The molecule has 0 radical (unpaired) electrons. The molecule has 0 aliphatic carbocycles. The zero-order chi connectivity index (χ0) is 22.1. The molecule has 6 heteroatoms. The lowest BCUT2D eigenvalue weighted by molar-refractivity contribution is 0.272. The molecule has 0 bridgehead atoms. The summed E-state index contributed by atoms with van der Waals surface area (Å²) in [5, 5.41) is 0. The van der Waals surface area contributed by atoms with Crippen molar-refractivity contribution in [2.45, 2.75) is 50.2 Å². The van der Waals surface area contributed by atoms with E-state index < -0.39 is 10.0 Å². The Morgan fingerprint density at radius 1 is 0.848 bits per heavy atom. The van der Waals surface area contributed by atoms with Gasteiger partial charge in [-0.15, -0.1) is 12.4 Å². The minimum atomic E-state index is -3.50. The van der Waals surface area contributed by atoms with E-state index >= 15 is 0 Å². The van der Waals surface area contributed by atoms with E-state index in [1.807, 2.05) is 36.4 Å². The van der Waals surface area contributed by atoms with E-state index in [9.17, 15) is 8.42 Å². The number of likely N-dealkylation sites (tertiary alicyclic amines) is 1. The number of benzene rings is 3. The molecule has 0 amide bonds. The Morgan fingerprint density at radius 2 is 1.42 bits per heavy atom. The van der Waals surface area contributed by atoms with Crippen LogP contribution in [0, 0.1) is 0 Å². The van der Waals surface area contributed by atoms with Gasteiger partial charge < -0.3 is 4.90 Å². The number of sulfonamides is 1. The van der Waals surface area contributed by atoms with Crippen LogP contribution >= 0.6 is 12.4 Å². The number of hydrogen-bond acceptors (Lipinski definition) is 3. The van der Waals surface area contributed by atoms with E-state index in [-0.39, 0.29) is 12.4 Å². The third-order valence-electron chi connectivity index (χ3n) is 6.97. The zero-order valence-electron chi connectivity index (χ0n) is 19.0. The van der Waals surface area contributed by atoms with Crippen LogP contribution in [-0.4, -0.2) is 36.8 Å². The Bertz CT molecular complexity index is 1170. The highest BCUT2D eigenvalue weighted by Crippen LogP contribution is 2.30. The van der Waals surface area contributed by atoms with Crippen LogP contribution in [0.25, 0.3) is 11.1 Å². The van der Waals surface area contributed by atoms with E-state index in [1.54, 1.807) is 16.4 Å². The van der Waals surface area contributed by atoms with Crippen molar-refractivity contribution in [3.05, 3.63) is 89.5 Å². The van der Waals surface area contributed by atoms with E-state index in [0.29, 0.717) is 24.0 Å². The van der Waals surface area contributed by atoms with Crippen LogP contribution in [-0.2, 0) is 29.5 Å². The number of fused-ring (bicyclic) bond motifs is 1. The molecule has 1 saturated heterocycles. The zero-order valence-corrected chi connectivity index (χ0v) is 20.6. The Balaban J connectivity index is 0.00000259. The molecule has 0 saturated carbocycles. The predicted octanol–water partition coefficient (Wildman–Crippen LogP) is 5.51. The van der Waals surface area contributed by atoms with Crippen molar-refractivity contribution in [1.29, 1.82) is 0 Å². The Hall–Kier alpha value is -2.18. The molecular formula is C27H31ClN2O2S. The lowest BCUT2D eigenvalue weighted by Crippen LogP contribution is -2.28. The molecular weight excluding hydrogens is 452 g/mol. The summed E-state index contributed by atoms with van der Waals surface area (Å²) in [6, 6.07) is 24.6. The van der Waals surface area contributed by atoms with Gasteiger partial charge in [-0.2, -0.15) is 4.31 Å². The molecule has 2 aliphatic rings. The molecule has 0 spiro atoms. The smallest absolute Gasteiger partial charge is 0.243 e. The minimum Gasteiger partial charge on any atom is -0.300 e. The van der Waals surface area contributed by atoms with Gasteiger partial charge in [-0.25, -0.2) is 8.42 Å². The van der Waals surface area contributed by atoms with E-state index in [4.69, 9.17) is 0 Å². The molecule has 3 aromatic carbocycles. The fraction of sp³-hybridized carbons (Fsp3) is 0.333. The van der Waals surface area contributed by atoms with Crippen molar-refractivity contribution >= 4 is 22.4 Å². The largest absolute Gasteiger partial charge is 0.300 e. The van der Waals surface area contributed by atoms with Crippen LogP contribution in [0.2, 0.25) is 0 Å². The summed E-state index contributed by atoms with van der Waals surface area (Å²) in [7, 11) is -3.50. The first kappa shape index (κ1) is 24.0. The first-order valence-electron chi connectivity index (χ1n) is 11.5. The van der Waals surface area contributed by atoms with Crippen molar-refractivity contribution in [1.82, 2.24) is 9.21 Å². The molecule has 2 heterocycles. The summed E-state index contributed by atoms with van der Waals surface area (Å²) < 4.78 is 27.8. The quantitative estimate of drug-likeness (QED) is 0.465. The molecule has 0 N–H and O–H groups in total. The van der Waals surface area contributed by atoms with Crippen molar-refractivity contribution in [2.75, 3.05) is 13.1 Å². The number of hydrogen-bond donors (Lipinski definition) is 0. The predicted molar refractivity (Wildman–Crippen MR) is 136 cm³/mol. The minimum absolute atomic E-state index is 0. The first-order valence-corrected chi connectivity index (χ1v) is 12.9. The van der Waals surface area contributed by atoms with Gasteiger partial charge in [-0.3, -0.25) is 0 Å².